The first-order valence-corrected chi connectivity index (χ1v) is 40.4. The SMILES string of the molecule is CC(=O)C1CC2CCCC2N1C(C)C.CC(=O)C1CC2CCCCC2N1C(C)C.CC(=O)C1CCCN1C(C)C.CC(=O)C1CNC(=O)N1C(C)C.CC(=O)C1Cc2ccccc2CN1C(C)C.CC(=O)CN1C(=O)C(C(C)C)CCc2ccccc21.CC(C)C1CCCN2CCCC(C(=O)O)N2C1=O. The number of likely N-dealkylation sites (tertiary alicyclic amines) is 3. The average Bonchev–Trinajstić information content (AvgIpc) is 1.74. The zero-order chi connectivity index (χ0) is 78.0. The first kappa shape index (κ1) is 87.8. The van der Waals surface area contributed by atoms with E-state index in [1.807, 2.05) is 50.9 Å². The molecule has 8 fully saturated rings. The Balaban J connectivity index is 0.000000193. The van der Waals surface area contributed by atoms with Crippen molar-refractivity contribution in [2.24, 2.45) is 35.5 Å². The summed E-state index contributed by atoms with van der Waals surface area (Å²) in [6.45, 7) is 43.8. The summed E-state index contributed by atoms with van der Waals surface area (Å²) in [5.41, 5.74) is 4.78. The van der Waals surface area contributed by atoms with E-state index in [-0.39, 0.29) is 95.7 Å². The van der Waals surface area contributed by atoms with Crippen molar-refractivity contribution >= 4 is 64.2 Å². The van der Waals surface area contributed by atoms with Crippen LogP contribution < -0.4 is 10.2 Å². The minimum absolute atomic E-state index is 0.00625. The number of anilines is 1. The number of para-hydroxylation sites is 1. The molecule has 2 aliphatic carbocycles. The van der Waals surface area contributed by atoms with Crippen LogP contribution in [0.4, 0.5) is 10.5 Å². The second kappa shape index (κ2) is 40.9. The number of fused-ring (bicyclic) bond motifs is 5. The number of hydrazine groups is 1. The number of carbonyl (C=O) groups is 10. The number of rotatable bonds is 15. The molecule has 0 radical (unpaired) electrons. The molecule has 2 aromatic rings. The quantitative estimate of drug-likeness (QED) is 0.169. The van der Waals surface area contributed by atoms with Crippen molar-refractivity contribution in [3.8, 4) is 0 Å². The lowest BCUT2D eigenvalue weighted by Crippen LogP contribution is -2.59. The number of carbonyl (C=O) groups excluding carboxylic acids is 9. The number of benzene rings is 2. The molecule has 12 atom stereocenters. The fourth-order valence-electron chi connectivity index (χ4n) is 18.6. The molecule has 12 unspecified atom stereocenters. The number of hydrogen-bond acceptors (Lipinski definition) is 15. The van der Waals surface area contributed by atoms with Crippen LogP contribution in [0, 0.1) is 35.5 Å². The molecule has 20 nitrogen and oxygen atoms in total. The van der Waals surface area contributed by atoms with Crippen LogP contribution in [0.15, 0.2) is 48.5 Å². The van der Waals surface area contributed by atoms with Crippen LogP contribution in [0.5, 0.6) is 0 Å². The molecule has 4 amide bonds. The van der Waals surface area contributed by atoms with Crippen LogP contribution in [-0.2, 0) is 62.5 Å². The molecule has 105 heavy (non-hydrogen) atoms. The molecule has 6 saturated heterocycles. The highest BCUT2D eigenvalue weighted by Crippen LogP contribution is 2.44. The fourth-order valence-corrected chi connectivity index (χ4v) is 18.6. The van der Waals surface area contributed by atoms with Crippen molar-refractivity contribution in [2.45, 2.75) is 339 Å². The molecule has 8 aliphatic heterocycles. The maximum Gasteiger partial charge on any atom is 0.328 e. The van der Waals surface area contributed by atoms with Gasteiger partial charge in [-0.15, -0.1) is 0 Å². The van der Waals surface area contributed by atoms with Crippen LogP contribution in [-0.4, -0.2) is 209 Å². The zero-order valence-electron chi connectivity index (χ0n) is 68.2. The molecule has 8 heterocycles. The lowest BCUT2D eigenvalue weighted by molar-refractivity contribution is -0.176. The van der Waals surface area contributed by atoms with E-state index in [4.69, 9.17) is 0 Å². The van der Waals surface area contributed by atoms with E-state index in [0.717, 1.165) is 101 Å². The standard InChI is InChI=1S/C16H21NO2.C14H19NO.C13H22N2O3.C13H23NO.C12H21NO.C9H17NO.C8H14N2O2/c1-11(2)14-9-8-13-6-4-5-7-15(13)17(16(14)19)10-12(3)18;1-10(2)15-9-13-7-5-4-6-12(13)8-14(15)11(3)16;1-9(2)10-5-3-7-14-8-4-6-11(13(17)18)15(14)12(10)16;1-9(2)14-12-7-5-4-6-11(12)8-13(14)10(3)15;1-8(2)13-11-6-4-5-10(11)7-12(13)9(3)14;1-7(2)10-6-4-5-9(10)8(3)11;1-5(2)10-7(6(3)11)4-9-8(10)12/h4-7,11,14H,8-10H2,1-3H3;4-7,10,14H,8-9H2,1-3H3;9-11H,3-8H2,1-2H3,(H,17,18);9,11-13H,4-8H2,1-3H3;8,10-12H,4-7H2,1-3H3;7,9H,4-6H2,1-3H3;5,7H,4H2,1-3H3,(H,9,12). The summed E-state index contributed by atoms with van der Waals surface area (Å²) in [4.78, 5) is 129. The van der Waals surface area contributed by atoms with Gasteiger partial charge < -0.3 is 20.2 Å². The van der Waals surface area contributed by atoms with Crippen molar-refractivity contribution in [1.29, 1.82) is 0 Å². The molecule has 0 spiro atoms. The van der Waals surface area contributed by atoms with E-state index in [9.17, 15) is 53.1 Å². The molecule has 20 heteroatoms. The minimum Gasteiger partial charge on any atom is -0.480 e. The molecule has 2 aromatic carbocycles. The number of aliphatic carboxylic acids is 1. The van der Waals surface area contributed by atoms with Gasteiger partial charge in [-0.2, -0.15) is 0 Å². The second-order valence-electron chi connectivity index (χ2n) is 33.7. The summed E-state index contributed by atoms with van der Waals surface area (Å²) < 4.78 is 0. The molecular formula is C85H137N9O11. The molecule has 12 rings (SSSR count). The smallest absolute Gasteiger partial charge is 0.328 e. The number of hydrogen-bond donors (Lipinski definition) is 2. The van der Waals surface area contributed by atoms with Crippen molar-refractivity contribution in [2.75, 3.05) is 37.6 Å². The number of amides is 4. The van der Waals surface area contributed by atoms with Crippen LogP contribution in [0.3, 0.4) is 0 Å². The Morgan fingerprint density at radius 3 is 1.40 bits per heavy atom. The van der Waals surface area contributed by atoms with E-state index < -0.39 is 12.0 Å². The molecular weight excluding hydrogens is 1320 g/mol. The predicted molar refractivity (Wildman–Crippen MR) is 417 cm³/mol. The summed E-state index contributed by atoms with van der Waals surface area (Å²) in [6, 6.07) is 19.5. The Morgan fingerprint density at radius 2 is 0.924 bits per heavy atom. The van der Waals surface area contributed by atoms with E-state index >= 15 is 0 Å². The average molecular weight is 1460 g/mol. The highest BCUT2D eigenvalue weighted by Gasteiger charge is 2.48. The number of carboxylic acids is 1. The van der Waals surface area contributed by atoms with Gasteiger partial charge in [0, 0.05) is 86.0 Å². The molecule has 0 aromatic heterocycles. The van der Waals surface area contributed by atoms with Gasteiger partial charge in [-0.3, -0.25) is 63.0 Å². The first-order chi connectivity index (χ1) is 49.5. The fraction of sp³-hybridized carbons (Fsp3) is 0.741. The van der Waals surface area contributed by atoms with Crippen LogP contribution in [0.25, 0.3) is 0 Å². The summed E-state index contributed by atoms with van der Waals surface area (Å²) in [6.07, 6.45) is 19.8. The predicted octanol–water partition coefficient (Wildman–Crippen LogP) is 13.3. The Kier molecular flexibility index (Phi) is 34.3. The molecule has 588 valence electrons. The highest BCUT2D eigenvalue weighted by molar-refractivity contribution is 6.01. The third kappa shape index (κ3) is 23.2. The van der Waals surface area contributed by atoms with Crippen LogP contribution in [0.1, 0.15) is 258 Å². The first-order valence-electron chi connectivity index (χ1n) is 40.4. The number of nitrogens with one attached hydrogen (secondary N) is 1. The van der Waals surface area contributed by atoms with Gasteiger partial charge in [0.05, 0.1) is 30.7 Å². The van der Waals surface area contributed by atoms with Crippen molar-refractivity contribution in [3.05, 3.63) is 65.2 Å². The third-order valence-electron chi connectivity index (χ3n) is 23.9. The van der Waals surface area contributed by atoms with Gasteiger partial charge in [-0.1, -0.05) is 89.4 Å². The topological polar surface area (TPSA) is 229 Å². The van der Waals surface area contributed by atoms with E-state index in [1.165, 1.54) is 81.9 Å². The van der Waals surface area contributed by atoms with E-state index in [2.05, 4.69) is 124 Å². The third-order valence-corrected chi connectivity index (χ3v) is 23.9. The van der Waals surface area contributed by atoms with E-state index in [1.54, 1.807) is 42.5 Å². The van der Waals surface area contributed by atoms with Gasteiger partial charge in [0.1, 0.15) is 41.0 Å². The summed E-state index contributed by atoms with van der Waals surface area (Å²) >= 11 is 0. The number of Topliss-reactive ketones (excluding diaryl/α,β-unsaturated/α-hetero) is 6. The van der Waals surface area contributed by atoms with Crippen molar-refractivity contribution in [1.82, 2.24) is 39.8 Å². The number of urea groups is 1. The normalized spacial score (nSPS) is 27.6. The number of nitrogens with zero attached hydrogens (tertiary/aromatic N) is 8. The van der Waals surface area contributed by atoms with Gasteiger partial charge in [0.15, 0.2) is 5.78 Å². The minimum atomic E-state index is -0.877. The summed E-state index contributed by atoms with van der Waals surface area (Å²) in [5.74, 6) is 2.80. The second-order valence-corrected chi connectivity index (χ2v) is 33.7. The Bertz CT molecular complexity index is 3240. The van der Waals surface area contributed by atoms with Gasteiger partial charge in [-0.25, -0.2) is 14.6 Å². The molecule has 10 aliphatic rings. The monoisotopic (exact) mass is 1460 g/mol. The van der Waals surface area contributed by atoms with Gasteiger partial charge in [-0.05, 0) is 260 Å². The summed E-state index contributed by atoms with van der Waals surface area (Å²) in [7, 11) is 0. The Morgan fingerprint density at radius 1 is 0.457 bits per heavy atom. The largest absolute Gasteiger partial charge is 0.480 e. The van der Waals surface area contributed by atoms with Crippen LogP contribution in [0.2, 0.25) is 0 Å². The lowest BCUT2D eigenvalue weighted by Gasteiger charge is -2.42. The number of ketones is 6. The summed E-state index contributed by atoms with van der Waals surface area (Å²) in [5, 5.41) is 15.4. The lowest BCUT2D eigenvalue weighted by atomic mass is 9.84. The Hall–Kier alpha value is -6.06. The zero-order valence-corrected chi connectivity index (χ0v) is 68.2. The maximum atomic E-state index is 12.7. The molecule has 0 bridgehead atoms. The van der Waals surface area contributed by atoms with E-state index in [0.29, 0.717) is 72.5 Å². The highest BCUT2D eigenvalue weighted by atomic mass is 16.4. The van der Waals surface area contributed by atoms with Gasteiger partial charge >= 0.3 is 12.0 Å². The number of carboxylic acid groups (broad SMARTS) is 1. The van der Waals surface area contributed by atoms with Crippen LogP contribution >= 0.6 is 0 Å². The van der Waals surface area contributed by atoms with Gasteiger partial charge in [0.25, 0.3) is 0 Å². The van der Waals surface area contributed by atoms with Crippen molar-refractivity contribution in [3.63, 3.8) is 0 Å². The molecule has 2 N–H and O–H groups in total. The molecule has 2 saturated carbocycles. The van der Waals surface area contributed by atoms with Crippen molar-refractivity contribution < 1.29 is 53.1 Å². The number of aryl methyl sites for hydroxylation is 1. The maximum absolute atomic E-state index is 12.7. The van der Waals surface area contributed by atoms with Gasteiger partial charge in [0.2, 0.25) is 11.8 Å². The Labute approximate surface area is 631 Å².